The predicted octanol–water partition coefficient (Wildman–Crippen LogP) is 3.37. The molecule has 0 fully saturated rings. The van der Waals surface area contributed by atoms with Gasteiger partial charge in [-0.3, -0.25) is 19.7 Å². The molecular formula is C22H24FN3O6. The largest absolute Gasteiger partial charge is 0.451 e. The Morgan fingerprint density at radius 3 is 2.25 bits per heavy atom. The molecule has 0 spiro atoms. The average molecular weight is 445 g/mol. The van der Waals surface area contributed by atoms with Gasteiger partial charge in [-0.25, -0.2) is 4.79 Å². The van der Waals surface area contributed by atoms with Crippen molar-refractivity contribution in [3.8, 4) is 0 Å². The van der Waals surface area contributed by atoms with Crippen LogP contribution >= 0.6 is 0 Å². The summed E-state index contributed by atoms with van der Waals surface area (Å²) in [6.45, 7) is 6.62. The molecule has 0 saturated heterocycles. The Kier molecular flexibility index (Phi) is 8.00. The molecule has 0 heterocycles. The van der Waals surface area contributed by atoms with Gasteiger partial charge in [0, 0.05) is 17.3 Å². The fourth-order valence-corrected chi connectivity index (χ4v) is 2.70. The van der Waals surface area contributed by atoms with Crippen LogP contribution in [-0.4, -0.2) is 34.9 Å². The minimum atomic E-state index is -1.27. The molecule has 10 heteroatoms. The number of nitro benzene ring substituents is 1. The Hall–Kier alpha value is -3.82. The van der Waals surface area contributed by atoms with Crippen molar-refractivity contribution in [3.63, 3.8) is 0 Å². The lowest BCUT2D eigenvalue weighted by Crippen LogP contribution is -2.47. The first-order valence-corrected chi connectivity index (χ1v) is 9.82. The molecule has 2 rings (SSSR count). The normalized spacial score (nSPS) is 12.6. The molecule has 2 aromatic rings. The molecule has 2 atom stereocenters. The van der Waals surface area contributed by atoms with Crippen LogP contribution in [0.3, 0.4) is 0 Å². The number of carbonyl (C=O) groups is 3. The summed E-state index contributed by atoms with van der Waals surface area (Å²) in [5.41, 5.74) is 0.524. The zero-order valence-corrected chi connectivity index (χ0v) is 18.0. The number of hydrogen-bond acceptors (Lipinski definition) is 6. The first-order chi connectivity index (χ1) is 15.0. The van der Waals surface area contributed by atoms with E-state index in [1.54, 1.807) is 38.1 Å². The number of nitro groups is 1. The summed E-state index contributed by atoms with van der Waals surface area (Å²) in [7, 11) is 0. The van der Waals surface area contributed by atoms with Gasteiger partial charge in [-0.1, -0.05) is 31.5 Å². The third-order valence-electron chi connectivity index (χ3n) is 4.59. The van der Waals surface area contributed by atoms with E-state index in [-0.39, 0.29) is 11.6 Å². The first kappa shape index (κ1) is 24.4. The minimum Gasteiger partial charge on any atom is -0.451 e. The number of carbonyl (C=O) groups excluding carboxylic acids is 3. The van der Waals surface area contributed by atoms with Gasteiger partial charge in [0.1, 0.15) is 6.04 Å². The number of nitrogens with zero attached hydrogens (tertiary/aromatic N) is 1. The lowest BCUT2D eigenvalue weighted by Gasteiger charge is -2.23. The number of ether oxygens (including phenoxy) is 1. The SMILES string of the molecule is Cc1ccc(C(=O)N[C@H](C(=O)OC(C)C(=O)Nc2ccc(F)c([N+](=O)[O-])c2)C(C)C)cc1. The molecule has 0 aromatic heterocycles. The summed E-state index contributed by atoms with van der Waals surface area (Å²) in [4.78, 5) is 47.3. The highest BCUT2D eigenvalue weighted by molar-refractivity contribution is 5.98. The Bertz CT molecular complexity index is 1020. The van der Waals surface area contributed by atoms with Crippen LogP contribution in [0.15, 0.2) is 42.5 Å². The van der Waals surface area contributed by atoms with Gasteiger partial charge in [0.15, 0.2) is 6.10 Å². The van der Waals surface area contributed by atoms with E-state index in [4.69, 9.17) is 4.74 Å². The van der Waals surface area contributed by atoms with Gasteiger partial charge in [0.25, 0.3) is 11.8 Å². The Labute approximate surface area is 184 Å². The molecule has 1 unspecified atom stereocenters. The first-order valence-electron chi connectivity index (χ1n) is 9.82. The molecule has 0 aliphatic carbocycles. The van der Waals surface area contributed by atoms with Crippen molar-refractivity contribution in [2.75, 3.05) is 5.32 Å². The highest BCUT2D eigenvalue weighted by atomic mass is 19.1. The van der Waals surface area contributed by atoms with E-state index >= 15 is 0 Å². The van der Waals surface area contributed by atoms with E-state index in [2.05, 4.69) is 10.6 Å². The van der Waals surface area contributed by atoms with Crippen LogP contribution in [0.1, 0.15) is 36.7 Å². The van der Waals surface area contributed by atoms with Crippen LogP contribution in [0.5, 0.6) is 0 Å². The Morgan fingerprint density at radius 1 is 1.06 bits per heavy atom. The van der Waals surface area contributed by atoms with Gasteiger partial charge >= 0.3 is 11.7 Å². The highest BCUT2D eigenvalue weighted by Gasteiger charge is 2.29. The van der Waals surface area contributed by atoms with Crippen LogP contribution in [-0.2, 0) is 14.3 Å². The fraction of sp³-hybridized carbons (Fsp3) is 0.318. The summed E-state index contributed by atoms with van der Waals surface area (Å²) in [5.74, 6) is -3.42. The number of benzene rings is 2. The van der Waals surface area contributed by atoms with Gasteiger partial charge in [-0.15, -0.1) is 0 Å². The number of nitrogens with one attached hydrogen (secondary N) is 2. The Morgan fingerprint density at radius 2 is 1.69 bits per heavy atom. The summed E-state index contributed by atoms with van der Waals surface area (Å²) < 4.78 is 18.6. The summed E-state index contributed by atoms with van der Waals surface area (Å²) >= 11 is 0. The lowest BCUT2D eigenvalue weighted by molar-refractivity contribution is -0.387. The Balaban J connectivity index is 2.03. The van der Waals surface area contributed by atoms with E-state index in [1.165, 1.54) is 6.92 Å². The second-order valence-electron chi connectivity index (χ2n) is 7.55. The van der Waals surface area contributed by atoms with Gasteiger partial charge in [-0.2, -0.15) is 4.39 Å². The fourth-order valence-electron chi connectivity index (χ4n) is 2.70. The van der Waals surface area contributed by atoms with Gasteiger partial charge in [0.2, 0.25) is 5.82 Å². The summed E-state index contributed by atoms with van der Waals surface area (Å²) in [6.07, 6.45) is -1.27. The van der Waals surface area contributed by atoms with E-state index in [0.717, 1.165) is 23.8 Å². The summed E-state index contributed by atoms with van der Waals surface area (Å²) in [6, 6.07) is 8.64. The van der Waals surface area contributed by atoms with Crippen LogP contribution in [0.2, 0.25) is 0 Å². The smallest absolute Gasteiger partial charge is 0.329 e. The third kappa shape index (κ3) is 6.34. The van der Waals surface area contributed by atoms with Crippen molar-refractivity contribution in [2.24, 2.45) is 5.92 Å². The molecule has 0 saturated carbocycles. The quantitative estimate of drug-likeness (QED) is 0.364. The molecule has 2 amide bonds. The zero-order chi connectivity index (χ0) is 24.0. The maximum atomic E-state index is 13.4. The van der Waals surface area contributed by atoms with Crippen LogP contribution in [0.25, 0.3) is 0 Å². The molecule has 0 bridgehead atoms. The van der Waals surface area contributed by atoms with Crippen LogP contribution in [0, 0.1) is 28.8 Å². The predicted molar refractivity (Wildman–Crippen MR) is 115 cm³/mol. The maximum Gasteiger partial charge on any atom is 0.329 e. The van der Waals surface area contributed by atoms with Gasteiger partial charge < -0.3 is 15.4 Å². The van der Waals surface area contributed by atoms with Crippen LogP contribution in [0.4, 0.5) is 15.8 Å². The minimum absolute atomic E-state index is 0.0286. The molecule has 0 radical (unpaired) electrons. The number of aryl methyl sites for hydroxylation is 1. The number of rotatable bonds is 8. The van der Waals surface area contributed by atoms with Gasteiger partial charge in [-0.05, 0) is 44.0 Å². The number of esters is 1. The maximum absolute atomic E-state index is 13.4. The number of hydrogen-bond donors (Lipinski definition) is 2. The van der Waals surface area contributed by atoms with E-state index < -0.39 is 46.4 Å². The topological polar surface area (TPSA) is 128 Å². The van der Waals surface area contributed by atoms with Crippen molar-refractivity contribution in [1.82, 2.24) is 5.32 Å². The van der Waals surface area contributed by atoms with Crippen molar-refractivity contribution >= 4 is 29.2 Å². The lowest BCUT2D eigenvalue weighted by atomic mass is 10.0. The van der Waals surface area contributed by atoms with Crippen molar-refractivity contribution in [1.29, 1.82) is 0 Å². The van der Waals surface area contributed by atoms with E-state index in [1.807, 2.05) is 6.92 Å². The van der Waals surface area contributed by atoms with E-state index in [0.29, 0.717) is 5.56 Å². The molecule has 9 nitrogen and oxygen atoms in total. The molecule has 2 N–H and O–H groups in total. The second-order valence-corrected chi connectivity index (χ2v) is 7.55. The molecule has 2 aromatic carbocycles. The molecule has 32 heavy (non-hydrogen) atoms. The number of halogens is 1. The third-order valence-corrected chi connectivity index (χ3v) is 4.59. The summed E-state index contributed by atoms with van der Waals surface area (Å²) in [5, 5.41) is 15.8. The molecular weight excluding hydrogens is 421 g/mol. The van der Waals surface area contributed by atoms with Crippen molar-refractivity contribution in [3.05, 3.63) is 69.5 Å². The highest BCUT2D eigenvalue weighted by Crippen LogP contribution is 2.22. The monoisotopic (exact) mass is 445 g/mol. The van der Waals surface area contributed by atoms with E-state index in [9.17, 15) is 28.9 Å². The standard InChI is InChI=1S/C22H24FN3O6/c1-12(2)19(25-21(28)15-7-5-13(3)6-8-15)22(29)32-14(4)20(27)24-16-9-10-17(23)18(11-16)26(30)31/h5-12,14,19H,1-4H3,(H,24,27)(H,25,28)/t14?,19-/m0/s1. The molecule has 0 aliphatic heterocycles. The average Bonchev–Trinajstić information content (AvgIpc) is 2.72. The molecule has 0 aliphatic rings. The zero-order valence-electron chi connectivity index (χ0n) is 18.0. The van der Waals surface area contributed by atoms with Gasteiger partial charge in [0.05, 0.1) is 4.92 Å². The van der Waals surface area contributed by atoms with Crippen LogP contribution < -0.4 is 10.6 Å². The molecule has 170 valence electrons. The number of anilines is 1. The van der Waals surface area contributed by atoms with Crippen molar-refractivity contribution in [2.45, 2.75) is 39.8 Å². The van der Waals surface area contributed by atoms with Crippen molar-refractivity contribution < 1.29 is 28.4 Å². The number of amides is 2. The second kappa shape index (κ2) is 10.5.